The van der Waals surface area contributed by atoms with Crippen LogP contribution in [0.3, 0.4) is 0 Å². The number of allylic oxidation sites excluding steroid dienone is 3. The standard InChI is InChI=1S/C15H21BN2/c1-2-11-3-5-12(6-4-11)18-13-7-8-15(13)10-17(16)9-14(15)18/h3,5-6,11,13-14H,2,4,7-10H2,1H3. The van der Waals surface area contributed by atoms with Crippen LogP contribution in [-0.4, -0.2) is 42.9 Å². The molecule has 0 bridgehead atoms. The van der Waals surface area contributed by atoms with E-state index in [0.29, 0.717) is 11.5 Å². The summed E-state index contributed by atoms with van der Waals surface area (Å²) in [4.78, 5) is 4.71. The van der Waals surface area contributed by atoms with Gasteiger partial charge in [-0.1, -0.05) is 19.1 Å². The zero-order valence-corrected chi connectivity index (χ0v) is 11.2. The zero-order valence-electron chi connectivity index (χ0n) is 11.2. The highest BCUT2D eigenvalue weighted by molar-refractivity contribution is 6.04. The molecule has 2 saturated heterocycles. The molecule has 3 heteroatoms. The Morgan fingerprint density at radius 1 is 1.44 bits per heavy atom. The molecule has 2 aliphatic heterocycles. The summed E-state index contributed by atoms with van der Waals surface area (Å²) in [5.74, 6) is 0.760. The lowest BCUT2D eigenvalue weighted by molar-refractivity contribution is -0.154. The fraction of sp³-hybridized carbons (Fsp3) is 0.733. The molecule has 2 nitrogen and oxygen atoms in total. The van der Waals surface area contributed by atoms with Crippen LogP contribution in [0.1, 0.15) is 32.6 Å². The molecule has 3 fully saturated rings. The highest BCUT2D eigenvalue weighted by Gasteiger charge is 2.68. The Kier molecular flexibility index (Phi) is 2.27. The fourth-order valence-corrected chi connectivity index (χ4v) is 4.59. The summed E-state index contributed by atoms with van der Waals surface area (Å²) in [6.45, 7) is 4.45. The van der Waals surface area contributed by atoms with Gasteiger partial charge in [-0.05, 0) is 44.2 Å². The van der Waals surface area contributed by atoms with E-state index in [2.05, 4.69) is 30.1 Å². The summed E-state index contributed by atoms with van der Waals surface area (Å²) in [7, 11) is 6.04. The number of hydrogen-bond acceptors (Lipinski definition) is 2. The molecule has 94 valence electrons. The Morgan fingerprint density at radius 3 is 2.94 bits per heavy atom. The summed E-state index contributed by atoms with van der Waals surface area (Å²) in [5.41, 5.74) is 2.03. The number of rotatable bonds is 2. The lowest BCUT2D eigenvalue weighted by Crippen LogP contribution is -2.75. The van der Waals surface area contributed by atoms with Crippen molar-refractivity contribution in [3.8, 4) is 0 Å². The second-order valence-corrected chi connectivity index (χ2v) is 6.53. The molecule has 1 saturated carbocycles. The minimum atomic E-state index is 0.561. The number of hydrogen-bond donors (Lipinski definition) is 0. The van der Waals surface area contributed by atoms with Crippen molar-refractivity contribution in [2.75, 3.05) is 13.1 Å². The summed E-state index contributed by atoms with van der Waals surface area (Å²) in [6.07, 6.45) is 12.5. The van der Waals surface area contributed by atoms with Crippen molar-refractivity contribution in [3.05, 3.63) is 23.9 Å². The van der Waals surface area contributed by atoms with Gasteiger partial charge in [-0.3, -0.25) is 0 Å². The molecule has 4 rings (SSSR count). The molecule has 2 heterocycles. The molecular formula is C15H21BN2. The maximum atomic E-state index is 6.04. The van der Waals surface area contributed by atoms with Gasteiger partial charge in [0, 0.05) is 29.7 Å². The predicted molar refractivity (Wildman–Crippen MR) is 74.0 cm³/mol. The molecule has 2 radical (unpaired) electrons. The highest BCUT2D eigenvalue weighted by atomic mass is 15.4. The van der Waals surface area contributed by atoms with Gasteiger partial charge in [0.25, 0.3) is 0 Å². The largest absolute Gasteiger partial charge is 0.363 e. The first-order valence-corrected chi connectivity index (χ1v) is 7.41. The van der Waals surface area contributed by atoms with Gasteiger partial charge < -0.3 is 9.71 Å². The summed E-state index contributed by atoms with van der Waals surface area (Å²) >= 11 is 0. The van der Waals surface area contributed by atoms with Gasteiger partial charge in [0.1, 0.15) is 0 Å². The van der Waals surface area contributed by atoms with Crippen LogP contribution in [0.25, 0.3) is 0 Å². The monoisotopic (exact) mass is 240 g/mol. The molecule has 0 aromatic heterocycles. The third-order valence-electron chi connectivity index (χ3n) is 5.78. The summed E-state index contributed by atoms with van der Waals surface area (Å²) in [6, 6.07) is 1.47. The topological polar surface area (TPSA) is 6.48 Å². The van der Waals surface area contributed by atoms with Crippen LogP contribution in [0.15, 0.2) is 23.9 Å². The van der Waals surface area contributed by atoms with Gasteiger partial charge in [0.05, 0.1) is 0 Å². The van der Waals surface area contributed by atoms with Crippen molar-refractivity contribution in [1.29, 1.82) is 0 Å². The zero-order chi connectivity index (χ0) is 12.3. The second-order valence-electron chi connectivity index (χ2n) is 6.53. The molecule has 2 aliphatic carbocycles. The average molecular weight is 240 g/mol. The number of nitrogens with zero attached hydrogens (tertiary/aromatic N) is 2. The maximum absolute atomic E-state index is 6.04. The Morgan fingerprint density at radius 2 is 2.33 bits per heavy atom. The Bertz CT molecular complexity index is 430. The van der Waals surface area contributed by atoms with E-state index >= 15 is 0 Å². The Hall–Kier alpha value is -0.695. The molecule has 0 N–H and O–H groups in total. The van der Waals surface area contributed by atoms with E-state index in [1.54, 1.807) is 0 Å². The van der Waals surface area contributed by atoms with Crippen molar-refractivity contribution in [1.82, 2.24) is 9.71 Å². The fourth-order valence-electron chi connectivity index (χ4n) is 4.59. The Labute approximate surface area is 111 Å². The van der Waals surface area contributed by atoms with E-state index < -0.39 is 0 Å². The van der Waals surface area contributed by atoms with Gasteiger partial charge in [-0.2, -0.15) is 0 Å². The van der Waals surface area contributed by atoms with Crippen LogP contribution in [0.5, 0.6) is 0 Å². The minimum absolute atomic E-state index is 0.561. The highest BCUT2D eigenvalue weighted by Crippen LogP contribution is 2.62. The lowest BCUT2D eigenvalue weighted by Gasteiger charge is -2.69. The molecule has 18 heavy (non-hydrogen) atoms. The first-order chi connectivity index (χ1) is 8.74. The SMILES string of the molecule is [B]N1CC2N(C3=CCC(CC)C=C3)C3CCC32C1. The van der Waals surface area contributed by atoms with Gasteiger partial charge in [0.15, 0.2) is 7.98 Å². The van der Waals surface area contributed by atoms with Crippen LogP contribution in [0.2, 0.25) is 0 Å². The van der Waals surface area contributed by atoms with Crippen molar-refractivity contribution in [3.63, 3.8) is 0 Å². The van der Waals surface area contributed by atoms with E-state index in [9.17, 15) is 0 Å². The minimum Gasteiger partial charge on any atom is -0.363 e. The van der Waals surface area contributed by atoms with Crippen LogP contribution in [-0.2, 0) is 0 Å². The second kappa shape index (κ2) is 3.66. The van der Waals surface area contributed by atoms with E-state index in [-0.39, 0.29) is 0 Å². The van der Waals surface area contributed by atoms with Crippen LogP contribution < -0.4 is 0 Å². The van der Waals surface area contributed by atoms with Crippen LogP contribution in [0.4, 0.5) is 0 Å². The van der Waals surface area contributed by atoms with Gasteiger partial charge in [-0.25, -0.2) is 0 Å². The first-order valence-electron chi connectivity index (χ1n) is 7.41. The molecule has 4 aliphatic rings. The van der Waals surface area contributed by atoms with Crippen LogP contribution in [0, 0.1) is 11.3 Å². The average Bonchev–Trinajstić information content (AvgIpc) is 2.72. The van der Waals surface area contributed by atoms with E-state index in [1.807, 2.05) is 4.81 Å². The van der Waals surface area contributed by atoms with Gasteiger partial charge in [-0.15, -0.1) is 0 Å². The molecule has 0 amide bonds. The molecule has 4 atom stereocenters. The normalized spacial score (nSPS) is 45.9. The molecule has 0 aromatic rings. The van der Waals surface area contributed by atoms with Crippen LogP contribution >= 0.6 is 0 Å². The third-order valence-corrected chi connectivity index (χ3v) is 5.78. The van der Waals surface area contributed by atoms with Crippen molar-refractivity contribution >= 4 is 7.98 Å². The number of likely N-dealkylation sites (tertiary alicyclic amines) is 1. The van der Waals surface area contributed by atoms with Gasteiger partial charge >= 0.3 is 0 Å². The van der Waals surface area contributed by atoms with Crippen molar-refractivity contribution in [2.24, 2.45) is 11.3 Å². The molecule has 0 aromatic carbocycles. The number of piperidine rings is 1. The van der Waals surface area contributed by atoms with Crippen molar-refractivity contribution in [2.45, 2.75) is 44.7 Å². The smallest absolute Gasteiger partial charge is 0.182 e. The quantitative estimate of drug-likeness (QED) is 0.682. The summed E-state index contributed by atoms with van der Waals surface area (Å²) in [5, 5.41) is 0. The molecule has 4 unspecified atom stereocenters. The van der Waals surface area contributed by atoms with E-state index in [1.165, 1.54) is 31.4 Å². The summed E-state index contributed by atoms with van der Waals surface area (Å²) < 4.78 is 0. The van der Waals surface area contributed by atoms with Crippen molar-refractivity contribution < 1.29 is 0 Å². The molecular weight excluding hydrogens is 219 g/mol. The van der Waals surface area contributed by atoms with Gasteiger partial charge in [0.2, 0.25) is 0 Å². The van der Waals surface area contributed by atoms with E-state index in [0.717, 1.165) is 25.0 Å². The maximum Gasteiger partial charge on any atom is 0.182 e. The third kappa shape index (κ3) is 1.24. The lowest BCUT2D eigenvalue weighted by atomic mass is 9.53. The van der Waals surface area contributed by atoms with E-state index in [4.69, 9.17) is 7.98 Å². The Balaban J connectivity index is 1.54. The molecule has 1 spiro atoms. The predicted octanol–water partition coefficient (Wildman–Crippen LogP) is 2.09. The first kappa shape index (κ1) is 11.2.